The van der Waals surface area contributed by atoms with Crippen LogP contribution in [0.25, 0.3) is 0 Å². The Labute approximate surface area is 78.0 Å². The smallest absolute Gasteiger partial charge is 0.128 e. The van der Waals surface area contributed by atoms with E-state index < -0.39 is 11.7 Å². The number of alkyl halides is 1. The van der Waals surface area contributed by atoms with Gasteiger partial charge < -0.3 is 5.73 Å². The molecule has 1 aromatic rings. The highest BCUT2D eigenvalue weighted by Crippen LogP contribution is 2.24. The van der Waals surface area contributed by atoms with Crippen LogP contribution in [0.1, 0.15) is 32.0 Å². The summed E-state index contributed by atoms with van der Waals surface area (Å²) in [7, 11) is 0. The van der Waals surface area contributed by atoms with Gasteiger partial charge in [0.25, 0.3) is 0 Å². The number of aromatic nitrogens is 1. The van der Waals surface area contributed by atoms with Crippen molar-refractivity contribution in [2.24, 2.45) is 5.73 Å². The quantitative estimate of drug-likeness (QED) is 0.778. The summed E-state index contributed by atoms with van der Waals surface area (Å²) in [6, 6.07) is 3.45. The molecule has 0 aromatic carbocycles. The highest BCUT2D eigenvalue weighted by molar-refractivity contribution is 5.12. The Bertz CT molecular complexity index is 253. The molecule has 0 radical (unpaired) electrons. The Morgan fingerprint density at radius 2 is 2.31 bits per heavy atom. The summed E-state index contributed by atoms with van der Waals surface area (Å²) in [6.45, 7) is 3.63. The van der Waals surface area contributed by atoms with Crippen molar-refractivity contribution in [2.45, 2.75) is 32.0 Å². The summed E-state index contributed by atoms with van der Waals surface area (Å²) in [6.07, 6.45) is 2.47. The Hall–Kier alpha value is -0.960. The molecule has 1 unspecified atom stereocenters. The molecular formula is C10H15FN2. The number of hydrogen-bond acceptors (Lipinski definition) is 2. The van der Waals surface area contributed by atoms with E-state index in [1.807, 2.05) is 13.8 Å². The molecule has 1 rings (SSSR count). The van der Waals surface area contributed by atoms with Crippen LogP contribution in [0.4, 0.5) is 4.39 Å². The van der Waals surface area contributed by atoms with Gasteiger partial charge in [-0.25, -0.2) is 4.39 Å². The number of pyridine rings is 1. The third kappa shape index (κ3) is 3.51. The minimum atomic E-state index is -1.02. The molecule has 3 heteroatoms. The molecule has 0 amide bonds. The van der Waals surface area contributed by atoms with E-state index in [4.69, 9.17) is 5.73 Å². The zero-order valence-electron chi connectivity index (χ0n) is 8.00. The van der Waals surface area contributed by atoms with Crippen molar-refractivity contribution in [2.75, 3.05) is 0 Å². The second-order valence-corrected chi connectivity index (χ2v) is 3.95. The van der Waals surface area contributed by atoms with E-state index in [2.05, 4.69) is 4.98 Å². The molecule has 2 nitrogen and oxygen atoms in total. The highest BCUT2D eigenvalue weighted by atomic mass is 19.1. The van der Waals surface area contributed by atoms with Crippen molar-refractivity contribution >= 4 is 0 Å². The van der Waals surface area contributed by atoms with Gasteiger partial charge in [-0.3, -0.25) is 4.98 Å². The maximum atomic E-state index is 13.5. The number of nitrogens with zero attached hydrogens (tertiary/aromatic N) is 1. The molecule has 0 saturated heterocycles. The molecule has 0 aliphatic carbocycles. The zero-order chi connectivity index (χ0) is 9.90. The molecule has 0 saturated carbocycles. The standard InChI is InChI=1S/C10H15FN2/c1-10(2,12)6-9(11)8-4-3-5-13-7-8/h3-5,7,9H,6,12H2,1-2H3. The van der Waals surface area contributed by atoms with Gasteiger partial charge in [0, 0.05) is 29.9 Å². The van der Waals surface area contributed by atoms with Crippen molar-refractivity contribution in [3.63, 3.8) is 0 Å². The molecule has 0 aliphatic rings. The van der Waals surface area contributed by atoms with Gasteiger partial charge in [-0.2, -0.15) is 0 Å². The molecule has 1 atom stereocenters. The van der Waals surface area contributed by atoms with Crippen LogP contribution >= 0.6 is 0 Å². The van der Waals surface area contributed by atoms with Crippen LogP contribution in [0.15, 0.2) is 24.5 Å². The lowest BCUT2D eigenvalue weighted by molar-refractivity contribution is 0.267. The van der Waals surface area contributed by atoms with Crippen molar-refractivity contribution in [3.8, 4) is 0 Å². The number of halogens is 1. The van der Waals surface area contributed by atoms with Gasteiger partial charge in [0.1, 0.15) is 6.17 Å². The van der Waals surface area contributed by atoms with Gasteiger partial charge in [-0.05, 0) is 19.9 Å². The van der Waals surface area contributed by atoms with E-state index in [1.54, 1.807) is 18.3 Å². The average Bonchev–Trinajstić information content (AvgIpc) is 2.03. The SMILES string of the molecule is CC(C)(N)CC(F)c1cccnc1. The van der Waals surface area contributed by atoms with E-state index in [0.29, 0.717) is 12.0 Å². The molecular weight excluding hydrogens is 167 g/mol. The summed E-state index contributed by atoms with van der Waals surface area (Å²) in [4.78, 5) is 3.85. The van der Waals surface area contributed by atoms with Crippen LogP contribution in [0, 0.1) is 0 Å². The van der Waals surface area contributed by atoms with Crippen LogP contribution in [0.3, 0.4) is 0 Å². The normalized spacial score (nSPS) is 14.2. The molecule has 1 heterocycles. The van der Waals surface area contributed by atoms with Gasteiger partial charge in [-0.15, -0.1) is 0 Å². The van der Waals surface area contributed by atoms with E-state index in [9.17, 15) is 4.39 Å². The predicted octanol–water partition coefficient (Wildman–Crippen LogP) is 2.22. The predicted molar refractivity (Wildman–Crippen MR) is 51.0 cm³/mol. The summed E-state index contributed by atoms with van der Waals surface area (Å²) in [5.74, 6) is 0. The first kappa shape index (κ1) is 10.1. The maximum absolute atomic E-state index is 13.5. The Morgan fingerprint density at radius 3 is 2.77 bits per heavy atom. The minimum absolute atomic E-state index is 0.318. The highest BCUT2D eigenvalue weighted by Gasteiger charge is 2.19. The lowest BCUT2D eigenvalue weighted by Crippen LogP contribution is -2.33. The lowest BCUT2D eigenvalue weighted by Gasteiger charge is -2.20. The molecule has 0 spiro atoms. The monoisotopic (exact) mass is 182 g/mol. The first-order valence-corrected chi connectivity index (χ1v) is 4.32. The minimum Gasteiger partial charge on any atom is -0.325 e. The fourth-order valence-electron chi connectivity index (χ4n) is 1.14. The second kappa shape index (κ2) is 3.83. The summed E-state index contributed by atoms with van der Waals surface area (Å²) >= 11 is 0. The third-order valence-electron chi connectivity index (χ3n) is 1.75. The second-order valence-electron chi connectivity index (χ2n) is 3.95. The summed E-state index contributed by atoms with van der Waals surface area (Å²) in [5, 5.41) is 0. The van der Waals surface area contributed by atoms with Crippen molar-refractivity contribution in [1.29, 1.82) is 0 Å². The first-order valence-electron chi connectivity index (χ1n) is 4.32. The Kier molecular flexibility index (Phi) is 2.98. The number of nitrogens with two attached hydrogens (primary N) is 1. The van der Waals surface area contributed by atoms with Crippen molar-refractivity contribution < 1.29 is 4.39 Å². The Balaban J connectivity index is 2.64. The molecule has 13 heavy (non-hydrogen) atoms. The topological polar surface area (TPSA) is 38.9 Å². The average molecular weight is 182 g/mol. The van der Waals surface area contributed by atoms with E-state index in [1.165, 1.54) is 6.20 Å². The van der Waals surface area contributed by atoms with E-state index in [0.717, 1.165) is 0 Å². The van der Waals surface area contributed by atoms with Crippen LogP contribution in [-0.2, 0) is 0 Å². The largest absolute Gasteiger partial charge is 0.325 e. The van der Waals surface area contributed by atoms with E-state index in [-0.39, 0.29) is 0 Å². The van der Waals surface area contributed by atoms with Gasteiger partial charge in [-0.1, -0.05) is 6.07 Å². The van der Waals surface area contributed by atoms with Crippen molar-refractivity contribution in [1.82, 2.24) is 4.98 Å². The summed E-state index contributed by atoms with van der Waals surface area (Å²) < 4.78 is 13.5. The third-order valence-corrected chi connectivity index (χ3v) is 1.75. The summed E-state index contributed by atoms with van der Waals surface area (Å²) in [5.41, 5.74) is 5.83. The molecule has 72 valence electrons. The van der Waals surface area contributed by atoms with Crippen LogP contribution < -0.4 is 5.73 Å². The first-order chi connectivity index (χ1) is 5.99. The Morgan fingerprint density at radius 1 is 1.62 bits per heavy atom. The van der Waals surface area contributed by atoms with Crippen molar-refractivity contribution in [3.05, 3.63) is 30.1 Å². The fraction of sp³-hybridized carbons (Fsp3) is 0.500. The lowest BCUT2D eigenvalue weighted by atomic mass is 9.96. The fourth-order valence-corrected chi connectivity index (χ4v) is 1.14. The zero-order valence-corrected chi connectivity index (χ0v) is 8.00. The van der Waals surface area contributed by atoms with Gasteiger partial charge in [0.05, 0.1) is 0 Å². The van der Waals surface area contributed by atoms with Crippen LogP contribution in [-0.4, -0.2) is 10.5 Å². The molecule has 0 fully saturated rings. The van der Waals surface area contributed by atoms with E-state index >= 15 is 0 Å². The molecule has 2 N–H and O–H groups in total. The molecule has 0 bridgehead atoms. The van der Waals surface area contributed by atoms with Crippen LogP contribution in [0.5, 0.6) is 0 Å². The maximum Gasteiger partial charge on any atom is 0.128 e. The number of hydrogen-bond donors (Lipinski definition) is 1. The molecule has 0 aliphatic heterocycles. The van der Waals surface area contributed by atoms with Gasteiger partial charge >= 0.3 is 0 Å². The molecule has 1 aromatic heterocycles. The van der Waals surface area contributed by atoms with Gasteiger partial charge in [0.15, 0.2) is 0 Å². The van der Waals surface area contributed by atoms with Gasteiger partial charge in [0.2, 0.25) is 0 Å². The number of rotatable bonds is 3. The van der Waals surface area contributed by atoms with Crippen LogP contribution in [0.2, 0.25) is 0 Å².